The number of hydrogen-bond donors (Lipinski definition) is 2. The number of hydrazone groups is 1. The minimum Gasteiger partial charge on any atom is -0.490 e. The number of benzene rings is 2. The molecule has 0 saturated carbocycles. The number of carboxylic acid groups (broad SMARTS) is 1. The number of amides is 1. The van der Waals surface area contributed by atoms with E-state index < -0.39 is 18.7 Å². The predicted octanol–water partition coefficient (Wildman–Crippen LogP) is 2.22. The zero-order valence-corrected chi connectivity index (χ0v) is 19.8. The quantitative estimate of drug-likeness (QED) is 0.527. The Morgan fingerprint density at radius 2 is 2.00 bits per heavy atom. The fourth-order valence-electron chi connectivity index (χ4n) is 3.63. The lowest BCUT2D eigenvalue weighted by Crippen LogP contribution is -2.50. The molecule has 178 valence electrons. The van der Waals surface area contributed by atoms with Gasteiger partial charge in [-0.2, -0.15) is 0 Å². The molecular weight excluding hydrogens is 456 g/mol. The normalized spacial score (nSPS) is 16.6. The second kappa shape index (κ2) is 10.6. The van der Waals surface area contributed by atoms with Crippen molar-refractivity contribution in [3.63, 3.8) is 0 Å². The first-order valence-electron chi connectivity index (χ1n) is 11.1. The van der Waals surface area contributed by atoms with E-state index >= 15 is 0 Å². The van der Waals surface area contributed by atoms with Gasteiger partial charge in [0, 0.05) is 16.5 Å². The van der Waals surface area contributed by atoms with Gasteiger partial charge in [-0.3, -0.25) is 15.1 Å². The molecular formula is C24H26N4O5S. The number of aliphatic carboxylic acids is 1. The Balaban J connectivity index is 1.78. The van der Waals surface area contributed by atoms with Gasteiger partial charge in [0.1, 0.15) is 5.70 Å². The van der Waals surface area contributed by atoms with E-state index in [1.54, 1.807) is 23.2 Å². The SMILES string of the molecule is CCCCSC1=NN2C(=c3ccccc3=NC2c2ccc(OCC(=O)O)c(OCC)c2)C(=O)N1. The first-order valence-corrected chi connectivity index (χ1v) is 12.1. The van der Waals surface area contributed by atoms with Crippen molar-refractivity contribution < 1.29 is 24.2 Å². The summed E-state index contributed by atoms with van der Waals surface area (Å²) in [5.74, 6) is 0.268. The lowest BCUT2D eigenvalue weighted by Gasteiger charge is -2.34. The van der Waals surface area contributed by atoms with Crippen LogP contribution < -0.4 is 25.4 Å². The molecule has 1 atom stereocenters. The Hall–Kier alpha value is -3.53. The largest absolute Gasteiger partial charge is 0.490 e. The molecule has 2 heterocycles. The van der Waals surface area contributed by atoms with Gasteiger partial charge in [0.2, 0.25) is 0 Å². The molecule has 0 saturated heterocycles. The standard InChI is InChI=1S/C24H26N4O5S/c1-3-5-12-34-24-26-23(31)21-16-8-6-7-9-17(16)25-22(28(21)27-24)15-10-11-18(33-14-20(29)30)19(13-15)32-4-2/h6-11,13,22H,3-5,12,14H2,1-2H3,(H,29,30)(H,26,27,31). The van der Waals surface area contributed by atoms with Crippen molar-refractivity contribution in [1.29, 1.82) is 0 Å². The summed E-state index contributed by atoms with van der Waals surface area (Å²) in [6, 6.07) is 12.7. The molecule has 2 aromatic carbocycles. The Kier molecular flexibility index (Phi) is 7.36. The second-order valence-electron chi connectivity index (χ2n) is 7.60. The third-order valence-corrected chi connectivity index (χ3v) is 6.12. The van der Waals surface area contributed by atoms with Crippen LogP contribution in [0.1, 0.15) is 38.4 Å². The van der Waals surface area contributed by atoms with Gasteiger partial charge >= 0.3 is 5.97 Å². The molecule has 0 spiro atoms. The molecule has 10 heteroatoms. The van der Waals surface area contributed by atoms with Crippen LogP contribution in [0.5, 0.6) is 11.5 Å². The first kappa shape index (κ1) is 23.6. The fourth-order valence-corrected chi connectivity index (χ4v) is 4.57. The van der Waals surface area contributed by atoms with E-state index in [4.69, 9.17) is 24.7 Å². The second-order valence-corrected chi connectivity index (χ2v) is 8.68. The molecule has 0 aliphatic carbocycles. The van der Waals surface area contributed by atoms with Crippen molar-refractivity contribution in [3.8, 4) is 11.5 Å². The molecule has 34 heavy (non-hydrogen) atoms. The summed E-state index contributed by atoms with van der Waals surface area (Å²) in [5, 5.41) is 20.2. The number of fused-ring (bicyclic) bond motifs is 2. The van der Waals surface area contributed by atoms with Crippen LogP contribution in [0, 0.1) is 0 Å². The highest BCUT2D eigenvalue weighted by Gasteiger charge is 2.34. The number of carbonyl (C=O) groups is 2. The monoisotopic (exact) mass is 482 g/mol. The van der Waals surface area contributed by atoms with Crippen LogP contribution in [0.15, 0.2) is 52.6 Å². The van der Waals surface area contributed by atoms with E-state index in [2.05, 4.69) is 12.2 Å². The van der Waals surface area contributed by atoms with Gasteiger partial charge in [-0.05, 0) is 31.5 Å². The van der Waals surface area contributed by atoms with Gasteiger partial charge in [-0.1, -0.05) is 49.4 Å². The third-order valence-electron chi connectivity index (χ3n) is 5.17. The maximum atomic E-state index is 13.2. The van der Waals surface area contributed by atoms with E-state index in [1.165, 1.54) is 11.8 Å². The molecule has 1 amide bonds. The highest BCUT2D eigenvalue weighted by Crippen LogP contribution is 2.36. The lowest BCUT2D eigenvalue weighted by atomic mass is 10.1. The predicted molar refractivity (Wildman–Crippen MR) is 129 cm³/mol. The van der Waals surface area contributed by atoms with Crippen molar-refractivity contribution in [2.24, 2.45) is 10.1 Å². The zero-order valence-electron chi connectivity index (χ0n) is 19.0. The summed E-state index contributed by atoms with van der Waals surface area (Å²) in [6.45, 7) is 3.84. The van der Waals surface area contributed by atoms with Gasteiger partial charge in [0.15, 0.2) is 29.4 Å². The summed E-state index contributed by atoms with van der Waals surface area (Å²) < 4.78 is 11.1. The smallest absolute Gasteiger partial charge is 0.341 e. The number of hydrogen-bond acceptors (Lipinski definition) is 8. The van der Waals surface area contributed by atoms with Gasteiger partial charge in [-0.15, -0.1) is 5.10 Å². The van der Waals surface area contributed by atoms with E-state index in [0.29, 0.717) is 39.5 Å². The molecule has 0 aromatic heterocycles. The van der Waals surface area contributed by atoms with Gasteiger partial charge < -0.3 is 14.6 Å². The number of carboxylic acids is 1. The van der Waals surface area contributed by atoms with Crippen molar-refractivity contribution >= 4 is 34.5 Å². The zero-order chi connectivity index (χ0) is 24.1. The Morgan fingerprint density at radius 1 is 1.18 bits per heavy atom. The number of nitrogens with one attached hydrogen (secondary N) is 1. The maximum absolute atomic E-state index is 13.2. The molecule has 4 rings (SSSR count). The van der Waals surface area contributed by atoms with Gasteiger partial charge in [0.25, 0.3) is 5.91 Å². The number of ether oxygens (including phenoxy) is 2. The Labute approximate surface area is 201 Å². The number of para-hydroxylation sites is 1. The third kappa shape index (κ3) is 5.01. The number of rotatable bonds is 9. The Bertz CT molecular complexity index is 1250. The minimum atomic E-state index is -1.08. The Morgan fingerprint density at radius 3 is 2.76 bits per heavy atom. The number of carbonyl (C=O) groups excluding carboxylic acids is 1. The van der Waals surface area contributed by atoms with Gasteiger partial charge in [0.05, 0.1) is 12.0 Å². The molecule has 0 radical (unpaired) electrons. The summed E-state index contributed by atoms with van der Waals surface area (Å²) in [4.78, 5) is 29.0. The highest BCUT2D eigenvalue weighted by molar-refractivity contribution is 8.13. The van der Waals surface area contributed by atoms with Gasteiger partial charge in [-0.25, -0.2) is 9.80 Å². The molecule has 0 bridgehead atoms. The van der Waals surface area contributed by atoms with Crippen LogP contribution in [0.4, 0.5) is 0 Å². The van der Waals surface area contributed by atoms with Crippen molar-refractivity contribution in [1.82, 2.24) is 10.3 Å². The van der Waals surface area contributed by atoms with Crippen LogP contribution in [0.3, 0.4) is 0 Å². The number of nitrogens with zero attached hydrogens (tertiary/aromatic N) is 3. The molecule has 1 unspecified atom stereocenters. The number of amidine groups is 1. The molecule has 2 N–H and O–H groups in total. The highest BCUT2D eigenvalue weighted by atomic mass is 32.2. The lowest BCUT2D eigenvalue weighted by molar-refractivity contribution is -0.139. The summed E-state index contributed by atoms with van der Waals surface area (Å²) in [5.41, 5.74) is 1.16. The summed E-state index contributed by atoms with van der Waals surface area (Å²) >= 11 is 1.50. The molecule has 2 aliphatic rings. The molecule has 2 aromatic rings. The van der Waals surface area contributed by atoms with Crippen LogP contribution in [0.2, 0.25) is 0 Å². The van der Waals surface area contributed by atoms with E-state index in [9.17, 15) is 9.59 Å². The van der Waals surface area contributed by atoms with Crippen molar-refractivity contribution in [2.75, 3.05) is 19.0 Å². The minimum absolute atomic E-state index is 0.229. The van der Waals surface area contributed by atoms with Crippen LogP contribution in [0.25, 0.3) is 5.70 Å². The van der Waals surface area contributed by atoms with E-state index in [0.717, 1.165) is 24.2 Å². The molecule has 0 fully saturated rings. The maximum Gasteiger partial charge on any atom is 0.341 e. The first-order chi connectivity index (χ1) is 16.5. The van der Waals surface area contributed by atoms with E-state index in [1.807, 2.05) is 31.2 Å². The van der Waals surface area contributed by atoms with Crippen LogP contribution in [-0.2, 0) is 9.59 Å². The van der Waals surface area contributed by atoms with E-state index in [-0.39, 0.29) is 5.91 Å². The fraction of sp³-hybridized carbons (Fsp3) is 0.333. The van der Waals surface area contributed by atoms with Crippen LogP contribution >= 0.6 is 11.8 Å². The van der Waals surface area contributed by atoms with Crippen LogP contribution in [-0.4, -0.2) is 46.1 Å². The average molecular weight is 483 g/mol. The summed E-state index contributed by atoms with van der Waals surface area (Å²) in [7, 11) is 0. The molecule has 2 aliphatic heterocycles. The topological polar surface area (TPSA) is 113 Å². The van der Waals surface area contributed by atoms with Crippen molar-refractivity contribution in [3.05, 3.63) is 58.6 Å². The number of unbranched alkanes of at least 4 members (excludes halogenated alkanes) is 1. The summed E-state index contributed by atoms with van der Waals surface area (Å²) in [6.07, 6.45) is 1.46. The average Bonchev–Trinajstić information content (AvgIpc) is 2.83. The number of thioether (sulfide) groups is 1. The molecule has 9 nitrogen and oxygen atoms in total. The van der Waals surface area contributed by atoms with Crippen molar-refractivity contribution in [2.45, 2.75) is 32.9 Å².